The lowest BCUT2D eigenvalue weighted by Gasteiger charge is -2.00. The number of nitrogens with zero attached hydrogens (tertiary/aromatic N) is 4. The van der Waals surface area contributed by atoms with Crippen LogP contribution in [0.25, 0.3) is 11.3 Å². The van der Waals surface area contributed by atoms with Crippen molar-refractivity contribution in [2.75, 3.05) is 5.73 Å². The Hall–Kier alpha value is -3.02. The molecule has 0 saturated carbocycles. The average Bonchev–Trinajstić information content (AvgIpc) is 2.83. The fourth-order valence-corrected chi connectivity index (χ4v) is 2.17. The zero-order valence-corrected chi connectivity index (χ0v) is 12.9. The second-order valence-corrected chi connectivity index (χ2v) is 5.22. The number of aryl methyl sites for hydroxylation is 2. The molecule has 0 fully saturated rings. The molecule has 0 aliphatic heterocycles. The van der Waals surface area contributed by atoms with Crippen LogP contribution in [0.15, 0.2) is 58.8 Å². The molecule has 5 nitrogen and oxygen atoms in total. The Morgan fingerprint density at radius 2 is 1.74 bits per heavy atom. The first kappa shape index (κ1) is 14.9. The predicted octanol–water partition coefficient (Wildman–Crippen LogP) is 4.53. The van der Waals surface area contributed by atoms with Crippen LogP contribution in [-0.4, -0.2) is 9.78 Å². The van der Waals surface area contributed by atoms with E-state index in [0.717, 1.165) is 11.1 Å². The Morgan fingerprint density at radius 3 is 2.43 bits per heavy atom. The maximum atomic E-state index is 13.7. The van der Waals surface area contributed by atoms with Crippen molar-refractivity contribution in [3.05, 3.63) is 59.9 Å². The van der Waals surface area contributed by atoms with Gasteiger partial charge in [-0.3, -0.25) is 4.68 Å². The van der Waals surface area contributed by atoms with E-state index in [4.69, 9.17) is 5.73 Å². The summed E-state index contributed by atoms with van der Waals surface area (Å²) >= 11 is 0. The van der Waals surface area contributed by atoms with Crippen molar-refractivity contribution in [1.29, 1.82) is 0 Å². The lowest BCUT2D eigenvalue weighted by Crippen LogP contribution is -1.96. The van der Waals surface area contributed by atoms with Crippen molar-refractivity contribution in [3.8, 4) is 11.3 Å². The summed E-state index contributed by atoms with van der Waals surface area (Å²) in [4.78, 5) is 0. The van der Waals surface area contributed by atoms with E-state index in [1.807, 2.05) is 31.2 Å². The number of azo groups is 1. The molecule has 0 aliphatic rings. The van der Waals surface area contributed by atoms with Crippen molar-refractivity contribution >= 4 is 17.2 Å². The SMILES string of the molecule is Cc1ccc(-c2nn(C)c(N)c2N=Nc2ccccc2F)cc1. The van der Waals surface area contributed by atoms with Crippen molar-refractivity contribution in [2.45, 2.75) is 6.92 Å². The summed E-state index contributed by atoms with van der Waals surface area (Å²) < 4.78 is 15.2. The van der Waals surface area contributed by atoms with Crippen LogP contribution in [0.5, 0.6) is 0 Å². The van der Waals surface area contributed by atoms with Crippen LogP contribution >= 0.6 is 0 Å². The molecule has 2 aromatic carbocycles. The predicted molar refractivity (Wildman–Crippen MR) is 88.4 cm³/mol. The van der Waals surface area contributed by atoms with Crippen LogP contribution in [0.1, 0.15) is 5.56 Å². The Labute approximate surface area is 133 Å². The Kier molecular flexibility index (Phi) is 3.89. The van der Waals surface area contributed by atoms with E-state index in [-0.39, 0.29) is 5.69 Å². The highest BCUT2D eigenvalue weighted by atomic mass is 19.1. The van der Waals surface area contributed by atoms with Gasteiger partial charge in [-0.15, -0.1) is 10.2 Å². The topological polar surface area (TPSA) is 68.6 Å². The molecular formula is C17H16FN5. The first-order valence-electron chi connectivity index (χ1n) is 7.12. The summed E-state index contributed by atoms with van der Waals surface area (Å²) in [6, 6.07) is 14.0. The summed E-state index contributed by atoms with van der Waals surface area (Å²) in [6.07, 6.45) is 0. The summed E-state index contributed by atoms with van der Waals surface area (Å²) in [5.41, 5.74) is 9.26. The minimum atomic E-state index is -0.435. The highest BCUT2D eigenvalue weighted by molar-refractivity contribution is 5.79. The number of aromatic nitrogens is 2. The average molecular weight is 309 g/mol. The van der Waals surface area contributed by atoms with Gasteiger partial charge >= 0.3 is 0 Å². The third-order valence-corrected chi connectivity index (χ3v) is 3.50. The van der Waals surface area contributed by atoms with E-state index in [0.29, 0.717) is 17.2 Å². The van der Waals surface area contributed by atoms with E-state index >= 15 is 0 Å². The summed E-state index contributed by atoms with van der Waals surface area (Å²) in [5.74, 6) is -0.0590. The van der Waals surface area contributed by atoms with Gasteiger partial charge in [0.25, 0.3) is 0 Å². The highest BCUT2D eigenvalue weighted by Crippen LogP contribution is 2.35. The molecule has 6 heteroatoms. The zero-order valence-electron chi connectivity index (χ0n) is 12.9. The third-order valence-electron chi connectivity index (χ3n) is 3.50. The molecule has 1 aromatic heterocycles. The minimum absolute atomic E-state index is 0.158. The highest BCUT2D eigenvalue weighted by Gasteiger charge is 2.15. The molecule has 23 heavy (non-hydrogen) atoms. The van der Waals surface area contributed by atoms with E-state index in [1.54, 1.807) is 25.2 Å². The summed E-state index contributed by atoms with van der Waals surface area (Å²) in [5, 5.41) is 12.5. The van der Waals surface area contributed by atoms with Gasteiger partial charge in [0, 0.05) is 12.6 Å². The van der Waals surface area contributed by atoms with Crippen LogP contribution in [-0.2, 0) is 7.05 Å². The first-order chi connectivity index (χ1) is 11.1. The molecule has 0 atom stereocenters. The standard InChI is InChI=1S/C17H16FN5/c1-11-7-9-12(10-8-11)15-16(17(19)23(2)22-15)21-20-14-6-4-3-5-13(14)18/h3-10H,19H2,1-2H3. The zero-order chi connectivity index (χ0) is 16.4. The molecule has 3 rings (SSSR count). The maximum absolute atomic E-state index is 13.7. The number of nitrogen functional groups attached to an aromatic ring is 1. The normalized spacial score (nSPS) is 11.3. The van der Waals surface area contributed by atoms with E-state index in [1.165, 1.54) is 10.7 Å². The Morgan fingerprint density at radius 1 is 1.04 bits per heavy atom. The second-order valence-electron chi connectivity index (χ2n) is 5.22. The van der Waals surface area contributed by atoms with Gasteiger partial charge in [0.1, 0.15) is 17.2 Å². The monoisotopic (exact) mass is 309 g/mol. The van der Waals surface area contributed by atoms with Crippen LogP contribution in [0.2, 0.25) is 0 Å². The van der Waals surface area contributed by atoms with Crippen LogP contribution < -0.4 is 5.73 Å². The lowest BCUT2D eigenvalue weighted by atomic mass is 10.1. The Bertz CT molecular complexity index is 865. The minimum Gasteiger partial charge on any atom is -0.382 e. The number of hydrogen-bond donors (Lipinski definition) is 1. The quantitative estimate of drug-likeness (QED) is 0.722. The molecule has 0 spiro atoms. The first-order valence-corrected chi connectivity index (χ1v) is 7.12. The van der Waals surface area contributed by atoms with Crippen molar-refractivity contribution < 1.29 is 4.39 Å². The van der Waals surface area contributed by atoms with Crippen molar-refractivity contribution in [2.24, 2.45) is 17.3 Å². The van der Waals surface area contributed by atoms with Gasteiger partial charge in [0.05, 0.1) is 0 Å². The van der Waals surface area contributed by atoms with Gasteiger partial charge < -0.3 is 5.73 Å². The molecule has 0 radical (unpaired) electrons. The second kappa shape index (κ2) is 6.00. The number of anilines is 1. The van der Waals surface area contributed by atoms with Crippen LogP contribution in [0.4, 0.5) is 21.6 Å². The summed E-state index contributed by atoms with van der Waals surface area (Å²) in [6.45, 7) is 2.01. The van der Waals surface area contributed by atoms with E-state index < -0.39 is 5.82 Å². The molecule has 1 heterocycles. The van der Waals surface area contributed by atoms with Crippen LogP contribution in [0, 0.1) is 12.7 Å². The number of nitrogens with two attached hydrogens (primary N) is 1. The maximum Gasteiger partial charge on any atom is 0.155 e. The third kappa shape index (κ3) is 2.96. The van der Waals surface area contributed by atoms with Gasteiger partial charge in [-0.2, -0.15) is 5.10 Å². The number of rotatable bonds is 3. The molecule has 2 N–H and O–H groups in total. The van der Waals surface area contributed by atoms with Gasteiger partial charge in [0.2, 0.25) is 0 Å². The fourth-order valence-electron chi connectivity index (χ4n) is 2.17. The van der Waals surface area contributed by atoms with Crippen molar-refractivity contribution in [3.63, 3.8) is 0 Å². The molecule has 0 unspecified atom stereocenters. The lowest BCUT2D eigenvalue weighted by molar-refractivity contribution is 0.628. The van der Waals surface area contributed by atoms with Gasteiger partial charge in [-0.25, -0.2) is 4.39 Å². The molecule has 0 aliphatic carbocycles. The van der Waals surface area contributed by atoms with E-state index in [9.17, 15) is 4.39 Å². The largest absolute Gasteiger partial charge is 0.382 e. The fraction of sp³-hybridized carbons (Fsp3) is 0.118. The van der Waals surface area contributed by atoms with Gasteiger partial charge in [0.15, 0.2) is 11.5 Å². The van der Waals surface area contributed by atoms with E-state index in [2.05, 4.69) is 15.3 Å². The summed E-state index contributed by atoms with van der Waals surface area (Å²) in [7, 11) is 1.73. The Balaban J connectivity index is 2.05. The van der Waals surface area contributed by atoms with Gasteiger partial charge in [-0.1, -0.05) is 42.0 Å². The molecule has 0 saturated heterocycles. The molecule has 0 bridgehead atoms. The molecule has 3 aromatic rings. The number of benzene rings is 2. The van der Waals surface area contributed by atoms with Crippen molar-refractivity contribution in [1.82, 2.24) is 9.78 Å². The van der Waals surface area contributed by atoms with Gasteiger partial charge in [-0.05, 0) is 19.1 Å². The number of hydrogen-bond acceptors (Lipinski definition) is 4. The smallest absolute Gasteiger partial charge is 0.155 e. The molecule has 116 valence electrons. The number of halogens is 1. The molecule has 0 amide bonds. The molecular weight excluding hydrogens is 293 g/mol. The van der Waals surface area contributed by atoms with Crippen LogP contribution in [0.3, 0.4) is 0 Å².